The van der Waals surface area contributed by atoms with Gasteiger partial charge in [-0.3, -0.25) is 19.2 Å². The van der Waals surface area contributed by atoms with E-state index in [4.69, 9.17) is 5.73 Å². The number of amides is 3. The molecule has 2 aromatic rings. The second-order valence-electron chi connectivity index (χ2n) is 7.83. The highest BCUT2D eigenvalue weighted by Crippen LogP contribution is 2.19. The predicted octanol–water partition coefficient (Wildman–Crippen LogP) is 0.280. The van der Waals surface area contributed by atoms with E-state index in [1.54, 1.807) is 6.20 Å². The van der Waals surface area contributed by atoms with Crippen molar-refractivity contribution < 1.29 is 24.3 Å². The van der Waals surface area contributed by atoms with Crippen LogP contribution in [0.15, 0.2) is 30.5 Å². The van der Waals surface area contributed by atoms with Crippen molar-refractivity contribution in [3.63, 3.8) is 0 Å². The zero-order chi connectivity index (χ0) is 25.3. The van der Waals surface area contributed by atoms with Crippen molar-refractivity contribution in [3.8, 4) is 0 Å². The van der Waals surface area contributed by atoms with E-state index in [-0.39, 0.29) is 12.2 Å². The van der Waals surface area contributed by atoms with Gasteiger partial charge in [-0.05, 0) is 37.0 Å². The first kappa shape index (κ1) is 27.5. The largest absolute Gasteiger partial charge is 0.480 e. The predicted molar refractivity (Wildman–Crippen MR) is 136 cm³/mol. The molecule has 1 aromatic carbocycles. The van der Waals surface area contributed by atoms with Gasteiger partial charge in [0, 0.05) is 29.3 Å². The fourth-order valence-electron chi connectivity index (χ4n) is 3.24. The third-order valence-electron chi connectivity index (χ3n) is 5.24. The molecule has 0 radical (unpaired) electrons. The molecule has 0 aliphatic rings. The summed E-state index contributed by atoms with van der Waals surface area (Å²) in [4.78, 5) is 52.7. The van der Waals surface area contributed by atoms with E-state index in [0.29, 0.717) is 12.2 Å². The van der Waals surface area contributed by atoms with Crippen molar-refractivity contribution in [1.82, 2.24) is 20.9 Å². The van der Waals surface area contributed by atoms with Crippen LogP contribution in [0.5, 0.6) is 0 Å². The number of carbonyl (C=O) groups is 4. The summed E-state index contributed by atoms with van der Waals surface area (Å²) in [7, 11) is 0. The number of aliphatic carboxylic acids is 1. The molecule has 12 heteroatoms. The monoisotopic (exact) mass is 509 g/mol. The number of carboxylic acids is 1. The summed E-state index contributed by atoms with van der Waals surface area (Å²) in [6.45, 7) is 1.34. The van der Waals surface area contributed by atoms with Gasteiger partial charge in [0.2, 0.25) is 17.7 Å². The lowest BCUT2D eigenvalue weighted by Gasteiger charge is -2.24. The van der Waals surface area contributed by atoms with E-state index in [0.717, 1.165) is 16.5 Å². The molecule has 0 fully saturated rings. The van der Waals surface area contributed by atoms with Gasteiger partial charge in [0.15, 0.2) is 0 Å². The van der Waals surface area contributed by atoms with Gasteiger partial charge in [-0.1, -0.05) is 18.2 Å². The molecule has 4 unspecified atom stereocenters. The summed E-state index contributed by atoms with van der Waals surface area (Å²) in [5.41, 5.74) is 7.37. The zero-order valence-electron chi connectivity index (χ0n) is 19.0. The van der Waals surface area contributed by atoms with Gasteiger partial charge in [-0.2, -0.15) is 24.4 Å². The fourth-order valence-corrected chi connectivity index (χ4v) is 3.88. The average Bonchev–Trinajstić information content (AvgIpc) is 3.23. The third-order valence-corrected chi connectivity index (χ3v) is 6.28. The number of benzene rings is 1. The summed E-state index contributed by atoms with van der Waals surface area (Å²) in [6.07, 6.45) is 4.06. The van der Waals surface area contributed by atoms with Crippen molar-refractivity contribution >= 4 is 59.0 Å². The Balaban J connectivity index is 2.26. The molecule has 34 heavy (non-hydrogen) atoms. The lowest BCUT2D eigenvalue weighted by atomic mass is 10.0. The molecule has 0 saturated carbocycles. The summed E-state index contributed by atoms with van der Waals surface area (Å²) in [5.74, 6) is -2.22. The number of thioether (sulfide) groups is 1. The number of para-hydroxylation sites is 1. The quantitative estimate of drug-likeness (QED) is 0.190. The number of hydrogen-bond acceptors (Lipinski definition) is 7. The smallest absolute Gasteiger partial charge is 0.325 e. The Bertz CT molecular complexity index is 1010. The topological polar surface area (TPSA) is 166 Å². The maximum atomic E-state index is 13.1. The number of aromatic nitrogens is 1. The van der Waals surface area contributed by atoms with Crippen LogP contribution < -0.4 is 21.7 Å². The summed E-state index contributed by atoms with van der Waals surface area (Å²) in [6, 6.07) is 3.50. The number of aromatic amines is 1. The van der Waals surface area contributed by atoms with Crippen LogP contribution in [0.2, 0.25) is 0 Å². The number of carboxylic acid groups (broad SMARTS) is 1. The Kier molecular flexibility index (Phi) is 10.7. The van der Waals surface area contributed by atoms with E-state index in [1.165, 1.54) is 18.7 Å². The molecule has 0 bridgehead atoms. The van der Waals surface area contributed by atoms with Crippen molar-refractivity contribution in [1.29, 1.82) is 0 Å². The first-order valence-corrected chi connectivity index (χ1v) is 12.7. The van der Waals surface area contributed by atoms with E-state index in [9.17, 15) is 24.3 Å². The standard InChI is InChI=1S/C22H31N5O5S2/c1-12(22(31)32)25-21(30)18(9-13-10-24-16-6-4-3-5-14(13)16)27-20(29)17(7-8-34-2)26-19(28)15(23)11-33/h3-6,10,12,15,17-18,24,33H,7-9,11,23H2,1-2H3,(H,25,30)(H,26,28)(H,27,29)(H,31,32). The van der Waals surface area contributed by atoms with Crippen LogP contribution in [0, 0.1) is 0 Å². The summed E-state index contributed by atoms with van der Waals surface area (Å²) < 4.78 is 0. The minimum atomic E-state index is -1.20. The Morgan fingerprint density at radius 3 is 2.38 bits per heavy atom. The number of H-pyrrole nitrogens is 1. The molecule has 0 aliphatic carbocycles. The average molecular weight is 510 g/mol. The van der Waals surface area contributed by atoms with E-state index >= 15 is 0 Å². The van der Waals surface area contributed by atoms with Crippen LogP contribution in [-0.2, 0) is 25.6 Å². The lowest BCUT2D eigenvalue weighted by molar-refractivity contribution is -0.141. The molecule has 0 aliphatic heterocycles. The molecule has 3 amide bonds. The normalized spacial score (nSPS) is 14.6. The summed E-state index contributed by atoms with van der Waals surface area (Å²) >= 11 is 5.52. The Morgan fingerprint density at radius 2 is 1.74 bits per heavy atom. The highest BCUT2D eigenvalue weighted by atomic mass is 32.2. The van der Waals surface area contributed by atoms with Crippen molar-refractivity contribution in [3.05, 3.63) is 36.0 Å². The molecule has 1 aromatic heterocycles. The molecule has 0 spiro atoms. The number of nitrogens with two attached hydrogens (primary N) is 1. The molecule has 1 heterocycles. The van der Waals surface area contributed by atoms with Crippen LogP contribution in [0.4, 0.5) is 0 Å². The van der Waals surface area contributed by atoms with Gasteiger partial charge in [0.1, 0.15) is 18.1 Å². The number of rotatable bonds is 13. The maximum Gasteiger partial charge on any atom is 0.325 e. The van der Waals surface area contributed by atoms with E-state index < -0.39 is 47.9 Å². The number of nitrogens with one attached hydrogen (secondary N) is 4. The van der Waals surface area contributed by atoms with Gasteiger partial charge in [-0.15, -0.1) is 0 Å². The van der Waals surface area contributed by atoms with Crippen molar-refractivity contribution in [2.75, 3.05) is 17.8 Å². The van der Waals surface area contributed by atoms with Crippen molar-refractivity contribution in [2.24, 2.45) is 5.73 Å². The first-order valence-electron chi connectivity index (χ1n) is 10.7. The van der Waals surface area contributed by atoms with Gasteiger partial charge < -0.3 is 31.8 Å². The van der Waals surface area contributed by atoms with Crippen LogP contribution >= 0.6 is 24.4 Å². The molecular weight excluding hydrogens is 478 g/mol. The lowest BCUT2D eigenvalue weighted by Crippen LogP contribution is -2.57. The van der Waals surface area contributed by atoms with Crippen LogP contribution in [0.25, 0.3) is 10.9 Å². The fraction of sp³-hybridized carbons (Fsp3) is 0.455. The van der Waals surface area contributed by atoms with Gasteiger partial charge in [-0.25, -0.2) is 0 Å². The molecular formula is C22H31N5O5S2. The van der Waals surface area contributed by atoms with E-state index in [1.807, 2.05) is 30.5 Å². The second kappa shape index (κ2) is 13.3. The molecule has 7 N–H and O–H groups in total. The number of fused-ring (bicyclic) bond motifs is 1. The molecule has 186 valence electrons. The first-order chi connectivity index (χ1) is 16.2. The third kappa shape index (κ3) is 7.67. The maximum absolute atomic E-state index is 13.1. The molecule has 2 rings (SSSR count). The molecule has 10 nitrogen and oxygen atoms in total. The van der Waals surface area contributed by atoms with Gasteiger partial charge in [0.05, 0.1) is 6.04 Å². The highest BCUT2D eigenvalue weighted by Gasteiger charge is 2.29. The zero-order valence-corrected chi connectivity index (χ0v) is 20.7. The molecule has 4 atom stereocenters. The minimum Gasteiger partial charge on any atom is -0.480 e. The van der Waals surface area contributed by atoms with Crippen LogP contribution in [-0.4, -0.2) is 75.7 Å². The van der Waals surface area contributed by atoms with Crippen LogP contribution in [0.1, 0.15) is 18.9 Å². The van der Waals surface area contributed by atoms with Gasteiger partial charge >= 0.3 is 5.97 Å². The number of carbonyl (C=O) groups excluding carboxylic acids is 3. The molecule has 0 saturated heterocycles. The van der Waals surface area contributed by atoms with Crippen LogP contribution in [0.3, 0.4) is 0 Å². The van der Waals surface area contributed by atoms with Gasteiger partial charge in [0.25, 0.3) is 0 Å². The Labute approximate surface area is 207 Å². The Hall–Kier alpha value is -2.70. The number of thiol groups is 1. The Morgan fingerprint density at radius 1 is 1.09 bits per heavy atom. The SMILES string of the molecule is CSCCC(NC(=O)C(N)CS)C(=O)NC(Cc1c[nH]c2ccccc12)C(=O)NC(C)C(=O)O. The minimum absolute atomic E-state index is 0.112. The summed E-state index contributed by atoms with van der Waals surface area (Å²) in [5, 5.41) is 17.8. The number of hydrogen-bond donors (Lipinski definition) is 7. The van der Waals surface area contributed by atoms with Crippen molar-refractivity contribution in [2.45, 2.75) is 43.9 Å². The highest BCUT2D eigenvalue weighted by molar-refractivity contribution is 7.98. The second-order valence-corrected chi connectivity index (χ2v) is 9.18. The van der Waals surface area contributed by atoms with E-state index in [2.05, 4.69) is 33.6 Å².